The van der Waals surface area contributed by atoms with Gasteiger partial charge in [-0.25, -0.2) is 8.78 Å². The second-order valence-electron chi connectivity index (χ2n) is 3.36. The third kappa shape index (κ3) is 2.74. The largest absolute Gasteiger partial charge is 0.455 e. The summed E-state index contributed by atoms with van der Waals surface area (Å²) in [5.41, 5.74) is 5.90. The molecule has 2 aromatic carbocycles. The predicted molar refractivity (Wildman–Crippen MR) is 65.0 cm³/mol. The van der Waals surface area contributed by atoms with Crippen molar-refractivity contribution in [2.24, 2.45) is 0 Å². The minimum absolute atomic E-state index is 0.159. The zero-order chi connectivity index (χ0) is 12.4. The quantitative estimate of drug-likeness (QED) is 0.847. The Labute approximate surface area is 105 Å². The molecule has 0 bridgehead atoms. The van der Waals surface area contributed by atoms with E-state index in [9.17, 15) is 8.78 Å². The van der Waals surface area contributed by atoms with Gasteiger partial charge in [-0.3, -0.25) is 0 Å². The maximum absolute atomic E-state index is 13.2. The lowest BCUT2D eigenvalue weighted by atomic mass is 10.3. The fourth-order valence-corrected chi connectivity index (χ4v) is 1.51. The van der Waals surface area contributed by atoms with Crippen LogP contribution in [0.4, 0.5) is 14.5 Å². The van der Waals surface area contributed by atoms with Crippen molar-refractivity contribution in [1.82, 2.24) is 0 Å². The van der Waals surface area contributed by atoms with Gasteiger partial charge in [0.1, 0.15) is 17.4 Å². The number of halogens is 3. The molecule has 0 unspecified atom stereocenters. The highest BCUT2D eigenvalue weighted by molar-refractivity contribution is 9.10. The number of ether oxygens (including phenoxy) is 1. The Kier molecular flexibility index (Phi) is 3.28. The van der Waals surface area contributed by atoms with Gasteiger partial charge in [0.05, 0.1) is 10.2 Å². The van der Waals surface area contributed by atoms with Crippen molar-refractivity contribution in [3.8, 4) is 11.5 Å². The van der Waals surface area contributed by atoms with Crippen LogP contribution in [0.1, 0.15) is 0 Å². The van der Waals surface area contributed by atoms with Gasteiger partial charge in [0.15, 0.2) is 5.75 Å². The standard InChI is InChI=1S/C12H8BrF2NO/c13-9-3-2-8(6-10(9)15)17-12-5-7(14)1-4-11(12)16/h1-6H,16H2. The van der Waals surface area contributed by atoms with Crippen molar-refractivity contribution in [2.75, 3.05) is 5.73 Å². The molecule has 0 aliphatic rings. The maximum atomic E-state index is 13.2. The Morgan fingerprint density at radius 2 is 1.82 bits per heavy atom. The van der Waals surface area contributed by atoms with E-state index in [-0.39, 0.29) is 17.2 Å². The first-order chi connectivity index (χ1) is 8.06. The normalized spacial score (nSPS) is 10.3. The lowest BCUT2D eigenvalue weighted by Gasteiger charge is -2.08. The third-order valence-electron chi connectivity index (χ3n) is 2.09. The smallest absolute Gasteiger partial charge is 0.153 e. The Balaban J connectivity index is 2.31. The minimum Gasteiger partial charge on any atom is -0.455 e. The lowest BCUT2D eigenvalue weighted by molar-refractivity contribution is 0.473. The monoisotopic (exact) mass is 299 g/mol. The Morgan fingerprint density at radius 1 is 1.06 bits per heavy atom. The van der Waals surface area contributed by atoms with E-state index in [0.717, 1.165) is 6.07 Å². The summed E-state index contributed by atoms with van der Waals surface area (Å²) in [6.07, 6.45) is 0. The number of rotatable bonds is 2. The van der Waals surface area contributed by atoms with E-state index in [2.05, 4.69) is 15.9 Å². The molecule has 2 aromatic rings. The van der Waals surface area contributed by atoms with Gasteiger partial charge in [-0.1, -0.05) is 0 Å². The number of hydrogen-bond acceptors (Lipinski definition) is 2. The van der Waals surface area contributed by atoms with Crippen LogP contribution in [0, 0.1) is 11.6 Å². The van der Waals surface area contributed by atoms with Crippen molar-refractivity contribution < 1.29 is 13.5 Å². The second-order valence-corrected chi connectivity index (χ2v) is 4.21. The van der Waals surface area contributed by atoms with Crippen LogP contribution in [0.25, 0.3) is 0 Å². The summed E-state index contributed by atoms with van der Waals surface area (Å²) in [5, 5.41) is 0. The molecule has 0 radical (unpaired) electrons. The zero-order valence-corrected chi connectivity index (χ0v) is 10.2. The number of nitrogens with two attached hydrogens (primary N) is 1. The molecule has 2 rings (SSSR count). The predicted octanol–water partition coefficient (Wildman–Crippen LogP) is 4.10. The van der Waals surface area contributed by atoms with E-state index in [1.807, 2.05) is 0 Å². The van der Waals surface area contributed by atoms with Gasteiger partial charge in [0.2, 0.25) is 0 Å². The molecule has 0 aliphatic carbocycles. The van der Waals surface area contributed by atoms with Crippen LogP contribution in [0.5, 0.6) is 11.5 Å². The number of anilines is 1. The van der Waals surface area contributed by atoms with E-state index in [1.165, 1.54) is 24.3 Å². The first-order valence-electron chi connectivity index (χ1n) is 4.74. The van der Waals surface area contributed by atoms with Gasteiger partial charge in [-0.2, -0.15) is 0 Å². The summed E-state index contributed by atoms with van der Waals surface area (Å²) in [6, 6.07) is 8.01. The lowest BCUT2D eigenvalue weighted by Crippen LogP contribution is -1.93. The molecule has 17 heavy (non-hydrogen) atoms. The fraction of sp³-hybridized carbons (Fsp3) is 0. The average Bonchev–Trinajstić information content (AvgIpc) is 2.29. The van der Waals surface area contributed by atoms with Crippen LogP contribution in [0.3, 0.4) is 0 Å². The highest BCUT2D eigenvalue weighted by atomic mass is 79.9. The van der Waals surface area contributed by atoms with Crippen molar-refractivity contribution >= 4 is 21.6 Å². The molecule has 5 heteroatoms. The van der Waals surface area contributed by atoms with Gasteiger partial charge in [0.25, 0.3) is 0 Å². The molecule has 0 saturated carbocycles. The summed E-state index contributed by atoms with van der Waals surface area (Å²) in [7, 11) is 0. The zero-order valence-electron chi connectivity index (χ0n) is 8.58. The van der Waals surface area contributed by atoms with Crippen LogP contribution < -0.4 is 10.5 Å². The van der Waals surface area contributed by atoms with Gasteiger partial charge in [0, 0.05) is 12.1 Å². The SMILES string of the molecule is Nc1ccc(F)cc1Oc1ccc(Br)c(F)c1. The van der Waals surface area contributed by atoms with Crippen LogP contribution in [-0.4, -0.2) is 0 Å². The number of hydrogen-bond donors (Lipinski definition) is 1. The fourth-order valence-electron chi connectivity index (χ4n) is 1.26. The molecule has 2 nitrogen and oxygen atoms in total. The van der Waals surface area contributed by atoms with Crippen molar-refractivity contribution in [2.45, 2.75) is 0 Å². The molecule has 0 atom stereocenters. The van der Waals surface area contributed by atoms with Crippen molar-refractivity contribution in [3.05, 3.63) is 52.5 Å². The first-order valence-corrected chi connectivity index (χ1v) is 5.53. The topological polar surface area (TPSA) is 35.2 Å². The molecule has 0 spiro atoms. The number of nitrogen functional groups attached to an aromatic ring is 1. The second kappa shape index (κ2) is 4.71. The van der Waals surface area contributed by atoms with Gasteiger partial charge < -0.3 is 10.5 Å². The van der Waals surface area contributed by atoms with Crippen LogP contribution in [-0.2, 0) is 0 Å². The van der Waals surface area contributed by atoms with E-state index in [4.69, 9.17) is 10.5 Å². The minimum atomic E-state index is -0.466. The summed E-state index contributed by atoms with van der Waals surface area (Å²) in [6.45, 7) is 0. The Hall–Kier alpha value is -1.62. The van der Waals surface area contributed by atoms with E-state index in [0.29, 0.717) is 4.47 Å². The van der Waals surface area contributed by atoms with Crippen molar-refractivity contribution in [3.63, 3.8) is 0 Å². The average molecular weight is 300 g/mol. The van der Waals surface area contributed by atoms with E-state index in [1.54, 1.807) is 6.07 Å². The van der Waals surface area contributed by atoms with Crippen LogP contribution in [0.15, 0.2) is 40.9 Å². The first kappa shape index (κ1) is 11.9. The summed E-state index contributed by atoms with van der Waals surface area (Å²) in [4.78, 5) is 0. The molecule has 0 amide bonds. The van der Waals surface area contributed by atoms with Gasteiger partial charge in [-0.05, 0) is 40.2 Å². The van der Waals surface area contributed by atoms with Crippen LogP contribution in [0.2, 0.25) is 0 Å². The van der Waals surface area contributed by atoms with Crippen molar-refractivity contribution in [1.29, 1.82) is 0 Å². The molecular formula is C12H8BrF2NO. The molecule has 0 aromatic heterocycles. The molecule has 0 aliphatic heterocycles. The summed E-state index contributed by atoms with van der Waals surface area (Å²) < 4.78 is 31.8. The third-order valence-corrected chi connectivity index (χ3v) is 2.74. The molecule has 0 saturated heterocycles. The highest BCUT2D eigenvalue weighted by Gasteiger charge is 2.06. The van der Waals surface area contributed by atoms with Gasteiger partial charge >= 0.3 is 0 Å². The summed E-state index contributed by atoms with van der Waals surface area (Å²) in [5.74, 6) is -0.515. The molecule has 0 fully saturated rings. The molecule has 0 heterocycles. The summed E-state index contributed by atoms with van der Waals surface area (Å²) >= 11 is 3.03. The maximum Gasteiger partial charge on any atom is 0.153 e. The van der Waals surface area contributed by atoms with E-state index >= 15 is 0 Å². The number of benzene rings is 2. The van der Waals surface area contributed by atoms with Gasteiger partial charge in [-0.15, -0.1) is 0 Å². The Bertz CT molecular complexity index is 560. The molecule has 2 N–H and O–H groups in total. The molecule has 88 valence electrons. The Morgan fingerprint density at radius 3 is 2.53 bits per heavy atom. The highest BCUT2D eigenvalue weighted by Crippen LogP contribution is 2.29. The van der Waals surface area contributed by atoms with E-state index < -0.39 is 11.6 Å². The molecular weight excluding hydrogens is 292 g/mol. The van der Waals surface area contributed by atoms with Crippen LogP contribution >= 0.6 is 15.9 Å².